The maximum atomic E-state index is 6.00. The molecule has 1 fully saturated rings. The molecule has 0 N–H and O–H groups in total. The Morgan fingerprint density at radius 3 is 2.44 bits per heavy atom. The van der Waals surface area contributed by atoms with E-state index in [0.717, 1.165) is 11.2 Å². The fraction of sp³-hybridized carbons (Fsp3) is 0.583. The van der Waals surface area contributed by atoms with E-state index in [2.05, 4.69) is 15.0 Å². The van der Waals surface area contributed by atoms with Crippen LogP contribution in [0.4, 0.5) is 0 Å². The molecule has 6 heteroatoms. The first kappa shape index (κ1) is 11.8. The molecule has 0 aromatic rings. The van der Waals surface area contributed by atoms with Crippen molar-refractivity contribution in [1.29, 1.82) is 0 Å². The highest BCUT2D eigenvalue weighted by molar-refractivity contribution is 6.58. The van der Waals surface area contributed by atoms with Crippen LogP contribution in [-0.4, -0.2) is 36.2 Å². The molecule has 1 saturated heterocycles. The molecule has 0 spiro atoms. The molecule has 0 aromatic heterocycles. The first-order valence-corrected chi connectivity index (χ1v) is 6.11. The Kier molecular flexibility index (Phi) is 2.37. The van der Waals surface area contributed by atoms with E-state index in [1.807, 2.05) is 27.7 Å². The molecule has 3 aliphatic heterocycles. The Morgan fingerprint density at radius 2 is 1.78 bits per heavy atom. The highest BCUT2D eigenvalue weighted by atomic mass is 16.7. The lowest BCUT2D eigenvalue weighted by Gasteiger charge is -2.32. The molecule has 18 heavy (non-hydrogen) atoms. The number of amidine groups is 1. The molecule has 0 saturated carbocycles. The largest absolute Gasteiger partial charge is 0.492 e. The molecule has 0 amide bonds. The average Bonchev–Trinajstić information content (AvgIpc) is 2.80. The number of allylic oxidation sites excluding steroid dienone is 1. The summed E-state index contributed by atoms with van der Waals surface area (Å²) in [6.07, 6.45) is 4.02. The monoisotopic (exact) mass is 245 g/mol. The topological polar surface area (TPSA) is 55.5 Å². The second-order valence-electron chi connectivity index (χ2n) is 5.74. The number of rotatable bonds is 1. The van der Waals surface area contributed by atoms with Gasteiger partial charge in [-0.3, -0.25) is 0 Å². The summed E-state index contributed by atoms with van der Waals surface area (Å²) in [6.45, 7) is 8.17. The van der Waals surface area contributed by atoms with E-state index in [1.165, 1.54) is 6.34 Å². The van der Waals surface area contributed by atoms with Gasteiger partial charge in [0.25, 0.3) is 0 Å². The van der Waals surface area contributed by atoms with Gasteiger partial charge in [-0.1, -0.05) is 0 Å². The van der Waals surface area contributed by atoms with Gasteiger partial charge in [0, 0.05) is 12.6 Å². The van der Waals surface area contributed by atoms with Crippen LogP contribution in [0.2, 0.25) is 0 Å². The Bertz CT molecular complexity index is 501. The molecular weight excluding hydrogens is 229 g/mol. The zero-order valence-corrected chi connectivity index (χ0v) is 11.1. The van der Waals surface area contributed by atoms with Crippen molar-refractivity contribution in [2.45, 2.75) is 45.3 Å². The van der Waals surface area contributed by atoms with Crippen molar-refractivity contribution in [3.05, 3.63) is 11.7 Å². The second kappa shape index (κ2) is 3.62. The van der Waals surface area contributed by atoms with Crippen LogP contribution in [0.5, 0.6) is 0 Å². The summed E-state index contributed by atoms with van der Waals surface area (Å²) in [5.74, 6) is 0.704. The Morgan fingerprint density at radius 1 is 1.11 bits per heavy atom. The minimum atomic E-state index is -0.344. The summed E-state index contributed by atoms with van der Waals surface area (Å²) >= 11 is 0. The standard InChI is InChI=1S/C12H16BN3O2/c1-11(2)12(3,4)18-13(17-11)8-5-9-10(14-6-8)16-7-15-9/h6-7H,5H2,1-4H3. The van der Waals surface area contributed by atoms with Crippen molar-refractivity contribution in [3.63, 3.8) is 0 Å². The van der Waals surface area contributed by atoms with E-state index in [1.54, 1.807) is 6.20 Å². The van der Waals surface area contributed by atoms with Crippen molar-refractivity contribution in [2.75, 3.05) is 0 Å². The molecule has 0 aromatic carbocycles. The van der Waals surface area contributed by atoms with E-state index in [0.29, 0.717) is 12.3 Å². The van der Waals surface area contributed by atoms with E-state index in [4.69, 9.17) is 9.31 Å². The lowest BCUT2D eigenvalue weighted by Crippen LogP contribution is -2.41. The van der Waals surface area contributed by atoms with Crippen LogP contribution in [-0.2, 0) is 9.31 Å². The molecule has 0 atom stereocenters. The third-order valence-corrected chi connectivity index (χ3v) is 3.93. The fourth-order valence-electron chi connectivity index (χ4n) is 2.04. The van der Waals surface area contributed by atoms with Crippen LogP contribution in [0.25, 0.3) is 0 Å². The molecule has 0 radical (unpaired) electrons. The van der Waals surface area contributed by atoms with Crippen LogP contribution in [0, 0.1) is 0 Å². The van der Waals surface area contributed by atoms with Gasteiger partial charge >= 0.3 is 7.12 Å². The Hall–Kier alpha value is -1.27. The SMILES string of the molecule is CC1(C)OB(C2=CN=C3N=CN=C3C2)OC1(C)C. The van der Waals surface area contributed by atoms with Gasteiger partial charge in [0.1, 0.15) is 6.34 Å². The van der Waals surface area contributed by atoms with Gasteiger partial charge < -0.3 is 9.31 Å². The highest BCUT2D eigenvalue weighted by Crippen LogP contribution is 2.39. The predicted molar refractivity (Wildman–Crippen MR) is 72.1 cm³/mol. The van der Waals surface area contributed by atoms with E-state index < -0.39 is 0 Å². The van der Waals surface area contributed by atoms with Crippen molar-refractivity contribution >= 4 is 25.0 Å². The summed E-state index contributed by atoms with van der Waals surface area (Å²) in [6, 6.07) is 0. The minimum absolute atomic E-state index is 0.323. The Labute approximate surface area is 107 Å². The van der Waals surface area contributed by atoms with Crippen LogP contribution < -0.4 is 0 Å². The molecule has 0 aliphatic carbocycles. The number of hydrogen-bond donors (Lipinski definition) is 0. The summed E-state index contributed by atoms with van der Waals surface area (Å²) in [7, 11) is -0.344. The molecule has 0 bridgehead atoms. The lowest BCUT2D eigenvalue weighted by molar-refractivity contribution is 0.00578. The summed E-state index contributed by atoms with van der Waals surface area (Å²) < 4.78 is 12.0. The maximum absolute atomic E-state index is 6.00. The molecule has 3 rings (SSSR count). The number of hydrogen-bond acceptors (Lipinski definition) is 5. The van der Waals surface area contributed by atoms with E-state index in [-0.39, 0.29) is 18.3 Å². The second-order valence-corrected chi connectivity index (χ2v) is 5.74. The average molecular weight is 245 g/mol. The van der Waals surface area contributed by atoms with E-state index >= 15 is 0 Å². The highest BCUT2D eigenvalue weighted by Gasteiger charge is 2.52. The van der Waals surface area contributed by atoms with Crippen molar-refractivity contribution in [1.82, 2.24) is 0 Å². The van der Waals surface area contributed by atoms with Crippen molar-refractivity contribution in [3.8, 4) is 0 Å². The zero-order valence-electron chi connectivity index (χ0n) is 11.1. The summed E-state index contributed by atoms with van der Waals surface area (Å²) in [5.41, 5.74) is 1.25. The number of nitrogens with zero attached hydrogens (tertiary/aromatic N) is 3. The molecule has 0 unspecified atom stereocenters. The van der Waals surface area contributed by atoms with Crippen LogP contribution in [0.1, 0.15) is 34.1 Å². The molecular formula is C12H16BN3O2. The van der Waals surface area contributed by atoms with Gasteiger partial charge in [0.2, 0.25) is 0 Å². The first-order valence-electron chi connectivity index (χ1n) is 6.11. The number of aliphatic imine (C=N–C) groups is 3. The van der Waals surface area contributed by atoms with Gasteiger partial charge in [0.05, 0.1) is 16.9 Å². The molecule has 3 aliphatic rings. The lowest BCUT2D eigenvalue weighted by atomic mass is 9.75. The summed E-state index contributed by atoms with van der Waals surface area (Å²) in [4.78, 5) is 12.5. The normalized spacial score (nSPS) is 27.8. The van der Waals surface area contributed by atoms with Gasteiger partial charge in [-0.05, 0) is 33.2 Å². The third kappa shape index (κ3) is 1.68. The molecule has 3 heterocycles. The zero-order chi connectivity index (χ0) is 13.0. The van der Waals surface area contributed by atoms with E-state index in [9.17, 15) is 0 Å². The van der Waals surface area contributed by atoms with Crippen molar-refractivity contribution in [2.24, 2.45) is 15.0 Å². The smallest absolute Gasteiger partial charge is 0.400 e. The maximum Gasteiger partial charge on any atom is 0.492 e. The third-order valence-electron chi connectivity index (χ3n) is 3.93. The molecule has 5 nitrogen and oxygen atoms in total. The fourth-order valence-corrected chi connectivity index (χ4v) is 2.04. The van der Waals surface area contributed by atoms with Gasteiger partial charge in [-0.2, -0.15) is 0 Å². The Balaban J connectivity index is 1.83. The predicted octanol–water partition coefficient (Wildman–Crippen LogP) is 1.79. The molecule has 94 valence electrons. The van der Waals surface area contributed by atoms with Gasteiger partial charge in [-0.25, -0.2) is 15.0 Å². The van der Waals surface area contributed by atoms with Crippen LogP contribution in [0.3, 0.4) is 0 Å². The first-order chi connectivity index (χ1) is 8.39. The van der Waals surface area contributed by atoms with Crippen molar-refractivity contribution < 1.29 is 9.31 Å². The quantitative estimate of drug-likeness (QED) is 0.661. The van der Waals surface area contributed by atoms with Crippen LogP contribution in [0.15, 0.2) is 26.6 Å². The van der Waals surface area contributed by atoms with Gasteiger partial charge in [-0.15, -0.1) is 0 Å². The minimum Gasteiger partial charge on any atom is -0.400 e. The van der Waals surface area contributed by atoms with Gasteiger partial charge in [0.15, 0.2) is 5.84 Å². The summed E-state index contributed by atoms with van der Waals surface area (Å²) in [5, 5.41) is 0. The number of fused-ring (bicyclic) bond motifs is 1. The van der Waals surface area contributed by atoms with Crippen LogP contribution >= 0.6 is 0 Å².